The molecule has 1 aromatic carbocycles. The van der Waals surface area contributed by atoms with Crippen LogP contribution in [-0.4, -0.2) is 21.3 Å². The van der Waals surface area contributed by atoms with Gasteiger partial charge in [-0.25, -0.2) is 9.07 Å². The lowest BCUT2D eigenvalue weighted by Crippen LogP contribution is -2.17. The molecule has 0 aliphatic carbocycles. The lowest BCUT2D eigenvalue weighted by Gasteiger charge is -2.10. The SMILES string of the molecule is O=Cc1nnn(Cc2ccccc2F)c1C(F)(F)F. The van der Waals surface area contributed by atoms with Gasteiger partial charge in [0.15, 0.2) is 17.7 Å². The predicted octanol–water partition coefficient (Wildman–Crippen LogP) is 2.30. The van der Waals surface area contributed by atoms with Crippen LogP contribution >= 0.6 is 0 Å². The predicted molar refractivity (Wildman–Crippen MR) is 55.9 cm³/mol. The largest absolute Gasteiger partial charge is 0.435 e. The third-order valence-corrected chi connectivity index (χ3v) is 2.42. The quantitative estimate of drug-likeness (QED) is 0.636. The Balaban J connectivity index is 2.44. The third-order valence-electron chi connectivity index (χ3n) is 2.42. The molecule has 0 spiro atoms. The Morgan fingerprint density at radius 2 is 1.95 bits per heavy atom. The first kappa shape index (κ1) is 13.2. The number of rotatable bonds is 3. The standard InChI is InChI=1S/C11H7F4N3O/c12-8-4-2-1-3-7(8)5-18-10(11(13,14)15)9(6-19)16-17-18/h1-4,6H,5H2. The molecule has 0 saturated heterocycles. The van der Waals surface area contributed by atoms with Crippen molar-refractivity contribution in [3.63, 3.8) is 0 Å². The normalized spacial score (nSPS) is 11.6. The zero-order valence-electron chi connectivity index (χ0n) is 9.36. The molecule has 0 radical (unpaired) electrons. The highest BCUT2D eigenvalue weighted by atomic mass is 19.4. The molecular weight excluding hydrogens is 266 g/mol. The number of nitrogens with zero attached hydrogens (tertiary/aromatic N) is 3. The fourth-order valence-corrected chi connectivity index (χ4v) is 1.60. The fourth-order valence-electron chi connectivity index (χ4n) is 1.60. The van der Waals surface area contributed by atoms with Gasteiger partial charge in [0.2, 0.25) is 0 Å². The summed E-state index contributed by atoms with van der Waals surface area (Å²) in [6.45, 7) is -0.456. The van der Waals surface area contributed by atoms with E-state index >= 15 is 0 Å². The van der Waals surface area contributed by atoms with Crippen LogP contribution in [0.3, 0.4) is 0 Å². The van der Waals surface area contributed by atoms with E-state index in [1.165, 1.54) is 18.2 Å². The van der Waals surface area contributed by atoms with E-state index in [-0.39, 0.29) is 11.8 Å². The number of benzene rings is 1. The average molecular weight is 273 g/mol. The van der Waals surface area contributed by atoms with Crippen LogP contribution < -0.4 is 0 Å². The van der Waals surface area contributed by atoms with Crippen molar-refractivity contribution >= 4 is 6.29 Å². The van der Waals surface area contributed by atoms with Crippen LogP contribution in [0.2, 0.25) is 0 Å². The summed E-state index contributed by atoms with van der Waals surface area (Å²) in [5.74, 6) is -0.654. The summed E-state index contributed by atoms with van der Waals surface area (Å²) in [5.41, 5.74) is -2.08. The van der Waals surface area contributed by atoms with Gasteiger partial charge in [-0.2, -0.15) is 13.2 Å². The van der Waals surface area contributed by atoms with Gasteiger partial charge >= 0.3 is 6.18 Å². The van der Waals surface area contributed by atoms with Crippen molar-refractivity contribution in [3.05, 3.63) is 47.0 Å². The van der Waals surface area contributed by atoms with Gasteiger partial charge in [-0.1, -0.05) is 23.4 Å². The molecule has 8 heteroatoms. The van der Waals surface area contributed by atoms with Crippen molar-refractivity contribution in [2.45, 2.75) is 12.7 Å². The summed E-state index contributed by atoms with van der Waals surface area (Å²) < 4.78 is 52.2. The van der Waals surface area contributed by atoms with E-state index in [1.807, 2.05) is 0 Å². The van der Waals surface area contributed by atoms with Crippen molar-refractivity contribution in [3.8, 4) is 0 Å². The molecule has 0 unspecified atom stereocenters. The summed E-state index contributed by atoms with van der Waals surface area (Å²) >= 11 is 0. The molecule has 2 rings (SSSR count). The number of carbonyl (C=O) groups excluding carboxylic acids is 1. The van der Waals surface area contributed by atoms with Crippen molar-refractivity contribution in [2.75, 3.05) is 0 Å². The van der Waals surface area contributed by atoms with E-state index in [1.54, 1.807) is 0 Å². The Kier molecular flexibility index (Phi) is 3.32. The molecule has 0 saturated carbocycles. The summed E-state index contributed by atoms with van der Waals surface area (Å²) in [5, 5.41) is 6.37. The maximum absolute atomic E-state index is 13.4. The number of aldehydes is 1. The Bertz CT molecular complexity index is 606. The molecule has 2 aromatic rings. The minimum absolute atomic E-state index is 0.0235. The van der Waals surface area contributed by atoms with Crippen molar-refractivity contribution < 1.29 is 22.4 Å². The van der Waals surface area contributed by atoms with Gasteiger partial charge in [-0.05, 0) is 6.07 Å². The lowest BCUT2D eigenvalue weighted by molar-refractivity contribution is -0.144. The van der Waals surface area contributed by atoms with E-state index in [0.717, 1.165) is 6.07 Å². The first-order valence-electron chi connectivity index (χ1n) is 5.12. The first-order chi connectivity index (χ1) is 8.93. The van der Waals surface area contributed by atoms with Crippen LogP contribution in [0.4, 0.5) is 17.6 Å². The van der Waals surface area contributed by atoms with E-state index in [9.17, 15) is 22.4 Å². The highest BCUT2D eigenvalue weighted by Crippen LogP contribution is 2.30. The molecule has 1 heterocycles. The van der Waals surface area contributed by atoms with E-state index in [4.69, 9.17) is 0 Å². The maximum Gasteiger partial charge on any atom is 0.435 e. The lowest BCUT2D eigenvalue weighted by atomic mass is 10.2. The number of hydrogen-bond acceptors (Lipinski definition) is 3. The van der Waals surface area contributed by atoms with E-state index in [2.05, 4.69) is 10.3 Å². The second-order valence-corrected chi connectivity index (χ2v) is 3.69. The summed E-state index contributed by atoms with van der Waals surface area (Å²) in [6.07, 6.45) is -4.82. The topological polar surface area (TPSA) is 47.8 Å². The number of aromatic nitrogens is 3. The molecule has 0 N–H and O–H groups in total. The highest BCUT2D eigenvalue weighted by Gasteiger charge is 2.39. The Hall–Kier alpha value is -2.25. The van der Waals surface area contributed by atoms with Crippen molar-refractivity contribution in [2.24, 2.45) is 0 Å². The molecule has 1 aromatic heterocycles. The Morgan fingerprint density at radius 1 is 1.26 bits per heavy atom. The van der Waals surface area contributed by atoms with Crippen molar-refractivity contribution in [1.29, 1.82) is 0 Å². The monoisotopic (exact) mass is 273 g/mol. The zero-order chi connectivity index (χ0) is 14.0. The molecule has 19 heavy (non-hydrogen) atoms. The molecule has 0 amide bonds. The Labute approximate surface area is 104 Å². The molecule has 0 atom stereocenters. The average Bonchev–Trinajstić information content (AvgIpc) is 2.75. The van der Waals surface area contributed by atoms with Crippen LogP contribution in [0, 0.1) is 5.82 Å². The van der Waals surface area contributed by atoms with Gasteiger partial charge in [0.1, 0.15) is 5.82 Å². The van der Waals surface area contributed by atoms with Gasteiger partial charge in [0.25, 0.3) is 0 Å². The molecular formula is C11H7F4N3O. The molecule has 100 valence electrons. The van der Waals surface area contributed by atoms with Crippen molar-refractivity contribution in [1.82, 2.24) is 15.0 Å². The number of alkyl halides is 3. The van der Waals surface area contributed by atoms with Crippen LogP contribution in [0.5, 0.6) is 0 Å². The smallest absolute Gasteiger partial charge is 0.296 e. The van der Waals surface area contributed by atoms with Gasteiger partial charge in [0, 0.05) is 5.56 Å². The third kappa shape index (κ3) is 2.61. The van der Waals surface area contributed by atoms with Crippen LogP contribution in [0.1, 0.15) is 21.7 Å². The minimum atomic E-state index is -4.79. The fraction of sp³-hybridized carbons (Fsp3) is 0.182. The Morgan fingerprint density at radius 3 is 2.53 bits per heavy atom. The van der Waals surface area contributed by atoms with Gasteiger partial charge in [-0.15, -0.1) is 5.10 Å². The molecule has 0 fully saturated rings. The second kappa shape index (κ2) is 4.79. The zero-order valence-corrected chi connectivity index (χ0v) is 9.36. The molecule has 4 nitrogen and oxygen atoms in total. The minimum Gasteiger partial charge on any atom is -0.296 e. The van der Waals surface area contributed by atoms with Crippen LogP contribution in [-0.2, 0) is 12.7 Å². The van der Waals surface area contributed by atoms with Gasteiger partial charge in [-0.3, -0.25) is 4.79 Å². The molecule has 0 aliphatic heterocycles. The van der Waals surface area contributed by atoms with E-state index < -0.39 is 29.9 Å². The van der Waals surface area contributed by atoms with E-state index in [0.29, 0.717) is 4.68 Å². The van der Waals surface area contributed by atoms with Crippen LogP contribution in [0.15, 0.2) is 24.3 Å². The van der Waals surface area contributed by atoms with Gasteiger partial charge in [0.05, 0.1) is 6.54 Å². The summed E-state index contributed by atoms with van der Waals surface area (Å²) in [7, 11) is 0. The first-order valence-corrected chi connectivity index (χ1v) is 5.12. The van der Waals surface area contributed by atoms with Gasteiger partial charge < -0.3 is 0 Å². The van der Waals surface area contributed by atoms with Crippen LogP contribution in [0.25, 0.3) is 0 Å². The second-order valence-electron chi connectivity index (χ2n) is 3.69. The molecule has 0 aliphatic rings. The number of halogens is 4. The maximum atomic E-state index is 13.4. The summed E-state index contributed by atoms with van der Waals surface area (Å²) in [6, 6.07) is 5.36. The summed E-state index contributed by atoms with van der Waals surface area (Å²) in [4.78, 5) is 10.5. The number of carbonyl (C=O) groups is 1. The number of hydrogen-bond donors (Lipinski definition) is 0. The molecule has 0 bridgehead atoms. The highest BCUT2D eigenvalue weighted by molar-refractivity contribution is 5.73.